The molecule has 6 heteroatoms. The van der Waals surface area contributed by atoms with Gasteiger partial charge in [0.25, 0.3) is 11.8 Å². The molecule has 1 unspecified atom stereocenters. The number of hydrogen-bond acceptors (Lipinski definition) is 3. The van der Waals surface area contributed by atoms with Crippen molar-refractivity contribution >= 4 is 17.5 Å². The molecule has 1 heterocycles. The van der Waals surface area contributed by atoms with Gasteiger partial charge in [0, 0.05) is 12.2 Å². The summed E-state index contributed by atoms with van der Waals surface area (Å²) in [5, 5.41) is 11.9. The molecule has 3 N–H and O–H groups in total. The second kappa shape index (κ2) is 6.69. The summed E-state index contributed by atoms with van der Waals surface area (Å²) < 4.78 is 0. The second-order valence-electron chi connectivity index (χ2n) is 4.77. The first-order valence-electron chi connectivity index (χ1n) is 6.81. The Hall–Kier alpha value is -2.63. The number of anilines is 1. The molecule has 2 rings (SSSR count). The average molecular weight is 286 g/mol. The Morgan fingerprint density at radius 2 is 2.05 bits per heavy atom. The van der Waals surface area contributed by atoms with E-state index in [4.69, 9.17) is 0 Å². The first-order chi connectivity index (χ1) is 10.1. The lowest BCUT2D eigenvalue weighted by Crippen LogP contribution is -2.32. The second-order valence-corrected chi connectivity index (χ2v) is 4.77. The van der Waals surface area contributed by atoms with Crippen LogP contribution in [-0.4, -0.2) is 28.1 Å². The van der Waals surface area contributed by atoms with Gasteiger partial charge in [0.1, 0.15) is 0 Å². The van der Waals surface area contributed by atoms with Crippen molar-refractivity contribution in [3.05, 3.63) is 47.8 Å². The molecule has 1 aromatic carbocycles. The van der Waals surface area contributed by atoms with E-state index in [1.165, 1.54) is 12.4 Å². The number of para-hydroxylation sites is 1. The molecule has 21 heavy (non-hydrogen) atoms. The normalized spacial score (nSPS) is 11.7. The van der Waals surface area contributed by atoms with Crippen LogP contribution in [0.15, 0.2) is 36.7 Å². The minimum absolute atomic E-state index is 0.0788. The smallest absolute Gasteiger partial charge is 0.258 e. The zero-order valence-corrected chi connectivity index (χ0v) is 12.0. The van der Waals surface area contributed by atoms with Gasteiger partial charge in [0.15, 0.2) is 0 Å². The van der Waals surface area contributed by atoms with Gasteiger partial charge in [0.05, 0.1) is 23.0 Å². The molecular weight excluding hydrogens is 268 g/mol. The van der Waals surface area contributed by atoms with E-state index < -0.39 is 0 Å². The van der Waals surface area contributed by atoms with Crippen molar-refractivity contribution in [3.63, 3.8) is 0 Å². The summed E-state index contributed by atoms with van der Waals surface area (Å²) in [7, 11) is 0. The molecule has 2 amide bonds. The van der Waals surface area contributed by atoms with Gasteiger partial charge in [-0.1, -0.05) is 19.1 Å². The van der Waals surface area contributed by atoms with Crippen molar-refractivity contribution in [1.29, 1.82) is 0 Å². The molecule has 0 fully saturated rings. The number of rotatable bonds is 5. The maximum absolute atomic E-state index is 12.2. The van der Waals surface area contributed by atoms with E-state index in [1.54, 1.807) is 24.3 Å². The quantitative estimate of drug-likeness (QED) is 0.787. The van der Waals surface area contributed by atoms with Crippen molar-refractivity contribution in [2.24, 2.45) is 0 Å². The van der Waals surface area contributed by atoms with Gasteiger partial charge in [-0.2, -0.15) is 5.10 Å². The molecule has 0 saturated heterocycles. The Bertz CT molecular complexity index is 622. The minimum Gasteiger partial charge on any atom is -0.350 e. The molecule has 0 saturated carbocycles. The molecule has 0 aliphatic carbocycles. The molecule has 1 atom stereocenters. The molecule has 0 spiro atoms. The lowest BCUT2D eigenvalue weighted by atomic mass is 10.1. The fraction of sp³-hybridized carbons (Fsp3) is 0.267. The topological polar surface area (TPSA) is 86.9 Å². The summed E-state index contributed by atoms with van der Waals surface area (Å²) in [5.41, 5.74) is 1.33. The Balaban J connectivity index is 2.17. The summed E-state index contributed by atoms with van der Waals surface area (Å²) in [5.74, 6) is -0.514. The zero-order valence-electron chi connectivity index (χ0n) is 12.0. The summed E-state index contributed by atoms with van der Waals surface area (Å²) in [6, 6.07) is 6.99. The SMILES string of the molecule is CCC(C)NC(=O)c1ccccc1NC(=O)c1cn[nH]c1. The third-order valence-electron chi connectivity index (χ3n) is 3.17. The Morgan fingerprint density at radius 1 is 1.29 bits per heavy atom. The van der Waals surface area contributed by atoms with Crippen molar-refractivity contribution in [3.8, 4) is 0 Å². The van der Waals surface area contributed by atoms with Crippen LogP contribution in [0, 0.1) is 0 Å². The fourth-order valence-corrected chi connectivity index (χ4v) is 1.76. The van der Waals surface area contributed by atoms with E-state index >= 15 is 0 Å². The van der Waals surface area contributed by atoms with Gasteiger partial charge >= 0.3 is 0 Å². The standard InChI is InChI=1S/C15H18N4O2/c1-3-10(2)18-15(21)12-6-4-5-7-13(12)19-14(20)11-8-16-17-9-11/h4-10H,3H2,1-2H3,(H,16,17)(H,18,21)(H,19,20). The van der Waals surface area contributed by atoms with Crippen LogP contribution in [0.1, 0.15) is 41.0 Å². The number of nitrogens with zero attached hydrogens (tertiary/aromatic N) is 1. The molecule has 110 valence electrons. The number of carbonyl (C=O) groups is 2. The zero-order chi connectivity index (χ0) is 15.2. The fourth-order valence-electron chi connectivity index (χ4n) is 1.76. The van der Waals surface area contributed by atoms with Crippen molar-refractivity contribution in [2.45, 2.75) is 26.3 Å². The highest BCUT2D eigenvalue weighted by Crippen LogP contribution is 2.16. The molecule has 0 aliphatic rings. The molecule has 1 aromatic heterocycles. The van der Waals surface area contributed by atoms with Crippen molar-refractivity contribution < 1.29 is 9.59 Å². The first kappa shape index (κ1) is 14.8. The number of nitrogens with one attached hydrogen (secondary N) is 3. The van der Waals surface area contributed by atoms with Gasteiger partial charge < -0.3 is 10.6 Å². The van der Waals surface area contributed by atoms with E-state index in [1.807, 2.05) is 13.8 Å². The van der Waals surface area contributed by atoms with Crippen LogP contribution in [0.2, 0.25) is 0 Å². The van der Waals surface area contributed by atoms with Crippen LogP contribution in [-0.2, 0) is 0 Å². The molecule has 6 nitrogen and oxygen atoms in total. The molecular formula is C15H18N4O2. The van der Waals surface area contributed by atoms with E-state index in [-0.39, 0.29) is 17.9 Å². The van der Waals surface area contributed by atoms with Crippen LogP contribution in [0.3, 0.4) is 0 Å². The number of amides is 2. The van der Waals surface area contributed by atoms with Crippen molar-refractivity contribution in [2.75, 3.05) is 5.32 Å². The summed E-state index contributed by atoms with van der Waals surface area (Å²) >= 11 is 0. The number of carbonyl (C=O) groups excluding carboxylic acids is 2. The molecule has 0 radical (unpaired) electrons. The maximum atomic E-state index is 12.2. The third kappa shape index (κ3) is 3.68. The molecule has 0 aliphatic heterocycles. The average Bonchev–Trinajstić information content (AvgIpc) is 3.01. The molecule has 2 aromatic rings. The number of aromatic amines is 1. The van der Waals surface area contributed by atoms with E-state index in [2.05, 4.69) is 20.8 Å². The van der Waals surface area contributed by atoms with Crippen molar-refractivity contribution in [1.82, 2.24) is 15.5 Å². The van der Waals surface area contributed by atoms with Crippen LogP contribution in [0.4, 0.5) is 5.69 Å². The van der Waals surface area contributed by atoms with E-state index in [0.717, 1.165) is 6.42 Å². The predicted molar refractivity (Wildman–Crippen MR) is 80.2 cm³/mol. The lowest BCUT2D eigenvalue weighted by Gasteiger charge is -2.14. The highest BCUT2D eigenvalue weighted by Gasteiger charge is 2.15. The number of hydrogen-bond donors (Lipinski definition) is 3. The monoisotopic (exact) mass is 286 g/mol. The Labute approximate surface area is 122 Å². The predicted octanol–water partition coefficient (Wildman–Crippen LogP) is 2.19. The number of aromatic nitrogens is 2. The highest BCUT2D eigenvalue weighted by molar-refractivity contribution is 6.08. The van der Waals surface area contributed by atoms with Crippen LogP contribution in [0.5, 0.6) is 0 Å². The first-order valence-corrected chi connectivity index (χ1v) is 6.81. The largest absolute Gasteiger partial charge is 0.350 e. The Kier molecular flexibility index (Phi) is 4.71. The van der Waals surface area contributed by atoms with Crippen LogP contribution in [0.25, 0.3) is 0 Å². The van der Waals surface area contributed by atoms with Gasteiger partial charge in [0.2, 0.25) is 0 Å². The van der Waals surface area contributed by atoms with E-state index in [0.29, 0.717) is 16.8 Å². The Morgan fingerprint density at radius 3 is 2.71 bits per heavy atom. The van der Waals surface area contributed by atoms with Gasteiger partial charge in [-0.3, -0.25) is 14.7 Å². The summed E-state index contributed by atoms with van der Waals surface area (Å²) in [4.78, 5) is 24.2. The van der Waals surface area contributed by atoms with Gasteiger partial charge in [-0.25, -0.2) is 0 Å². The summed E-state index contributed by atoms with van der Waals surface area (Å²) in [6.07, 6.45) is 3.77. The highest BCUT2D eigenvalue weighted by atomic mass is 16.2. The van der Waals surface area contributed by atoms with E-state index in [9.17, 15) is 9.59 Å². The minimum atomic E-state index is -0.312. The number of H-pyrrole nitrogens is 1. The van der Waals surface area contributed by atoms with Crippen LogP contribution >= 0.6 is 0 Å². The lowest BCUT2D eigenvalue weighted by molar-refractivity contribution is 0.0940. The van der Waals surface area contributed by atoms with Crippen LogP contribution < -0.4 is 10.6 Å². The number of benzene rings is 1. The summed E-state index contributed by atoms with van der Waals surface area (Å²) in [6.45, 7) is 3.93. The van der Waals surface area contributed by atoms with Gasteiger partial charge in [-0.05, 0) is 25.5 Å². The van der Waals surface area contributed by atoms with Gasteiger partial charge in [-0.15, -0.1) is 0 Å². The third-order valence-corrected chi connectivity index (χ3v) is 3.17. The maximum Gasteiger partial charge on any atom is 0.258 e. The molecule has 0 bridgehead atoms.